The number of ether oxygens (including phenoxy) is 2. The highest BCUT2D eigenvalue weighted by molar-refractivity contribution is 7.89. The van der Waals surface area contributed by atoms with Gasteiger partial charge in [-0.2, -0.15) is 0 Å². The van der Waals surface area contributed by atoms with Gasteiger partial charge in [0.05, 0.1) is 51.8 Å². The number of carbonyl (C=O) groups excluding carboxylic acids is 4. The lowest BCUT2D eigenvalue weighted by atomic mass is 10.0. The van der Waals surface area contributed by atoms with E-state index in [0.29, 0.717) is 61.0 Å². The molecule has 0 atom stereocenters. The minimum atomic E-state index is -4.14. The van der Waals surface area contributed by atoms with E-state index in [1.165, 1.54) is 26.2 Å². The summed E-state index contributed by atoms with van der Waals surface area (Å²) in [6.07, 6.45) is 6.47. The molecule has 14 heteroatoms. The highest BCUT2D eigenvalue weighted by Gasteiger charge is 2.26. The maximum atomic E-state index is 14.0. The van der Waals surface area contributed by atoms with Gasteiger partial charge in [0.15, 0.2) is 5.78 Å². The van der Waals surface area contributed by atoms with Crippen LogP contribution < -0.4 is 14.8 Å². The molecule has 0 aliphatic carbocycles. The van der Waals surface area contributed by atoms with Crippen LogP contribution in [0, 0.1) is 0 Å². The molecule has 0 unspecified atom stereocenters. The molecule has 0 radical (unpaired) electrons. The van der Waals surface area contributed by atoms with Crippen LogP contribution in [-0.4, -0.2) is 52.4 Å². The number of esters is 1. The number of ketones is 1. The van der Waals surface area contributed by atoms with Crippen molar-refractivity contribution in [3.05, 3.63) is 161 Å². The molecule has 8 aromatic rings. The first-order valence-electron chi connectivity index (χ1n) is 18.7. The largest absolute Gasteiger partial charge is 0.487 e. The lowest BCUT2D eigenvalue weighted by molar-refractivity contribution is -0.114. The van der Waals surface area contributed by atoms with Crippen LogP contribution in [0.1, 0.15) is 61.6 Å². The van der Waals surface area contributed by atoms with Gasteiger partial charge in [0.25, 0.3) is 5.91 Å². The molecule has 5 heterocycles. The summed E-state index contributed by atoms with van der Waals surface area (Å²) < 4.78 is 44.3. The average molecular weight is 808 g/mol. The Hall–Kier alpha value is -7.32. The van der Waals surface area contributed by atoms with Crippen molar-refractivity contribution in [3.8, 4) is 5.75 Å². The van der Waals surface area contributed by atoms with E-state index in [1.54, 1.807) is 77.5 Å². The van der Waals surface area contributed by atoms with Crippen molar-refractivity contribution in [2.24, 2.45) is 0 Å². The molecule has 8 rings (SSSR count). The fraction of sp³-hybridized carbons (Fsp3) is 0.133. The van der Waals surface area contributed by atoms with E-state index in [2.05, 4.69) is 15.0 Å². The minimum absolute atomic E-state index is 0.0975. The third-order valence-corrected chi connectivity index (χ3v) is 11.1. The summed E-state index contributed by atoms with van der Waals surface area (Å²) in [6.45, 7) is 3.00. The summed E-state index contributed by atoms with van der Waals surface area (Å²) >= 11 is 0. The number of anilines is 1. The summed E-state index contributed by atoms with van der Waals surface area (Å²) in [5.74, 6) is -1.71. The fourth-order valence-corrected chi connectivity index (χ4v) is 8.41. The predicted octanol–water partition coefficient (Wildman–Crippen LogP) is 7.29. The summed E-state index contributed by atoms with van der Waals surface area (Å²) in [7, 11) is -4.14. The third kappa shape index (κ3) is 7.98. The van der Waals surface area contributed by atoms with Gasteiger partial charge >= 0.3 is 5.97 Å². The number of sulfonamides is 1. The van der Waals surface area contributed by atoms with Gasteiger partial charge in [0.2, 0.25) is 15.9 Å². The van der Waals surface area contributed by atoms with Crippen LogP contribution in [-0.2, 0) is 38.3 Å². The van der Waals surface area contributed by atoms with Crippen molar-refractivity contribution in [1.82, 2.24) is 18.5 Å². The van der Waals surface area contributed by atoms with Gasteiger partial charge in [-0.15, -0.1) is 0 Å². The molecule has 0 saturated heterocycles. The van der Waals surface area contributed by atoms with E-state index >= 15 is 0 Å². The molecular weight excluding hydrogens is 771 g/mol. The van der Waals surface area contributed by atoms with Gasteiger partial charge in [0.1, 0.15) is 12.4 Å². The number of nitrogens with zero attached hydrogens (tertiary/aromatic N) is 3. The number of para-hydroxylation sites is 2. The Morgan fingerprint density at radius 2 is 1.47 bits per heavy atom. The number of hydrogen-bond acceptors (Lipinski definition) is 9. The van der Waals surface area contributed by atoms with Gasteiger partial charge in [-0.05, 0) is 72.1 Å². The van der Waals surface area contributed by atoms with Crippen LogP contribution in [0.2, 0.25) is 0 Å². The molecule has 3 aromatic carbocycles. The summed E-state index contributed by atoms with van der Waals surface area (Å²) in [4.78, 5) is 56.2. The molecule has 296 valence electrons. The highest BCUT2D eigenvalue weighted by atomic mass is 32.2. The Kier molecular flexibility index (Phi) is 10.4. The second kappa shape index (κ2) is 15.9. The fourth-order valence-electron chi connectivity index (χ4n) is 7.34. The molecule has 5 aromatic heterocycles. The zero-order valence-electron chi connectivity index (χ0n) is 32.0. The zero-order chi connectivity index (χ0) is 41.3. The highest BCUT2D eigenvalue weighted by Crippen LogP contribution is 2.32. The lowest BCUT2D eigenvalue weighted by Crippen LogP contribution is -2.31. The Labute approximate surface area is 338 Å². The smallest absolute Gasteiger partial charge is 0.340 e. The van der Waals surface area contributed by atoms with E-state index in [1.807, 2.05) is 46.9 Å². The van der Waals surface area contributed by atoms with Crippen LogP contribution in [0.4, 0.5) is 5.69 Å². The van der Waals surface area contributed by atoms with Crippen LogP contribution in [0.5, 0.6) is 5.75 Å². The normalized spacial score (nSPS) is 11.6. The SMILES string of the molecule is CC(=O)Nc1cccc(COc2ccc3c(C(=O)OCCc4cc(C(C)=O)cn5c4c(C(=O)NS(=O)(=O)Cc4cccnc4)c4ccccc45)c4ccccc4n3c2)c1. The number of fused-ring (bicyclic) bond motifs is 6. The Bertz CT molecular complexity index is 3080. The molecule has 2 amide bonds. The topological polar surface area (TPSA) is 167 Å². The quantitative estimate of drug-likeness (QED) is 0.0899. The number of hydrogen-bond donors (Lipinski definition) is 2. The lowest BCUT2D eigenvalue weighted by Gasteiger charge is -2.12. The van der Waals surface area contributed by atoms with Crippen molar-refractivity contribution >= 4 is 72.1 Å². The van der Waals surface area contributed by atoms with Crippen molar-refractivity contribution < 1.29 is 37.1 Å². The van der Waals surface area contributed by atoms with Gasteiger partial charge in [-0.25, -0.2) is 17.9 Å². The van der Waals surface area contributed by atoms with Gasteiger partial charge in [0, 0.05) is 54.0 Å². The Balaban J connectivity index is 1.08. The first kappa shape index (κ1) is 38.5. The molecule has 59 heavy (non-hydrogen) atoms. The first-order valence-corrected chi connectivity index (χ1v) is 20.3. The molecule has 0 bridgehead atoms. The van der Waals surface area contributed by atoms with Crippen LogP contribution in [0.3, 0.4) is 0 Å². The summed E-state index contributed by atoms with van der Waals surface area (Å²) in [6, 6.07) is 30.3. The number of rotatable bonds is 13. The number of amides is 2. The average Bonchev–Trinajstić information content (AvgIpc) is 3.73. The zero-order valence-corrected chi connectivity index (χ0v) is 32.8. The number of benzene rings is 3. The number of carbonyl (C=O) groups is 4. The van der Waals surface area contributed by atoms with Crippen LogP contribution in [0.15, 0.2) is 128 Å². The maximum Gasteiger partial charge on any atom is 0.340 e. The second-order valence-corrected chi connectivity index (χ2v) is 15.8. The number of nitrogens with one attached hydrogen (secondary N) is 2. The maximum absolute atomic E-state index is 14.0. The Morgan fingerprint density at radius 1 is 0.746 bits per heavy atom. The Morgan fingerprint density at radius 3 is 2.20 bits per heavy atom. The van der Waals surface area contributed by atoms with Crippen molar-refractivity contribution in [2.45, 2.75) is 32.6 Å². The van der Waals surface area contributed by atoms with E-state index in [0.717, 1.165) is 11.1 Å². The molecular formula is C45H37N5O8S. The molecule has 0 fully saturated rings. The second-order valence-electron chi connectivity index (χ2n) is 14.0. The predicted molar refractivity (Wildman–Crippen MR) is 223 cm³/mol. The number of pyridine rings is 3. The van der Waals surface area contributed by atoms with Crippen molar-refractivity contribution in [2.75, 3.05) is 11.9 Å². The van der Waals surface area contributed by atoms with Gasteiger partial charge < -0.3 is 23.6 Å². The van der Waals surface area contributed by atoms with Gasteiger partial charge in [-0.1, -0.05) is 54.6 Å². The van der Waals surface area contributed by atoms with Crippen LogP contribution >= 0.6 is 0 Å². The summed E-state index contributed by atoms with van der Waals surface area (Å²) in [5, 5.41) is 3.92. The number of Topliss-reactive ketones (excluding diaryl/α,β-unsaturated/α-hetero) is 1. The monoisotopic (exact) mass is 807 g/mol. The van der Waals surface area contributed by atoms with Crippen molar-refractivity contribution in [1.29, 1.82) is 0 Å². The molecule has 0 aliphatic heterocycles. The molecule has 0 aliphatic rings. The minimum Gasteiger partial charge on any atom is -0.487 e. The van der Waals surface area contributed by atoms with E-state index in [4.69, 9.17) is 9.47 Å². The number of aromatic nitrogens is 3. The van der Waals surface area contributed by atoms with Crippen LogP contribution in [0.25, 0.3) is 32.8 Å². The van der Waals surface area contributed by atoms with Crippen molar-refractivity contribution in [3.63, 3.8) is 0 Å². The molecule has 2 N–H and O–H groups in total. The van der Waals surface area contributed by atoms with E-state index in [9.17, 15) is 27.6 Å². The first-order chi connectivity index (χ1) is 28.5. The standard InChI is InChI=1S/C45H37N5O8S/c1-28(51)33-22-32(43-42(37-13-4-6-15-39(37)50(43)24-33)44(53)48-59(55,56)27-31-10-8-19-46-23-31)18-20-57-45(54)41-36-12-3-5-14-38(36)49-25-35(16-17-40(41)49)58-26-30-9-7-11-34(21-30)47-29(2)52/h3-17,19,21-25H,18,20,26-27H2,1-2H3,(H,47,52)(H,48,53). The molecule has 13 nitrogen and oxygen atoms in total. The van der Waals surface area contributed by atoms with Gasteiger partial charge in [-0.3, -0.25) is 19.4 Å². The molecule has 0 saturated carbocycles. The van der Waals surface area contributed by atoms with E-state index in [-0.39, 0.29) is 36.9 Å². The summed E-state index contributed by atoms with van der Waals surface area (Å²) in [5.41, 5.74) is 5.59. The van der Waals surface area contributed by atoms with E-state index < -0.39 is 27.7 Å². The third-order valence-electron chi connectivity index (χ3n) is 9.85. The molecule has 0 spiro atoms.